The number of ether oxygens (including phenoxy) is 1. The van der Waals surface area contributed by atoms with Crippen LogP contribution in [0.1, 0.15) is 12.8 Å². The van der Waals surface area contributed by atoms with Crippen molar-refractivity contribution in [2.75, 3.05) is 11.9 Å². The predicted molar refractivity (Wildman–Crippen MR) is 96.0 cm³/mol. The lowest BCUT2D eigenvalue weighted by Gasteiger charge is -2.26. The summed E-state index contributed by atoms with van der Waals surface area (Å²) in [5.41, 5.74) is 0.684. The number of rotatable bonds is 5. The number of anilines is 1. The van der Waals surface area contributed by atoms with Gasteiger partial charge in [0.15, 0.2) is 0 Å². The van der Waals surface area contributed by atoms with E-state index in [1.807, 2.05) is 30.4 Å². The van der Waals surface area contributed by atoms with Crippen LogP contribution in [0.15, 0.2) is 52.0 Å². The average molecular weight is 389 g/mol. The van der Waals surface area contributed by atoms with Crippen LogP contribution in [-0.4, -0.2) is 18.5 Å². The second-order valence-corrected chi connectivity index (χ2v) is 6.69. The highest BCUT2D eigenvalue weighted by Gasteiger charge is 2.35. The molecule has 24 heavy (non-hydrogen) atoms. The van der Waals surface area contributed by atoms with Crippen LogP contribution in [0.3, 0.4) is 0 Å². The second-order valence-electron chi connectivity index (χ2n) is 5.28. The SMILES string of the molecule is O=C(Nc1ccccc1)[C@H]1CC=CC[C@H]1C(=O)OCC(Cl)=C(Cl)Cl. The first-order valence-corrected chi connectivity index (χ1v) is 8.49. The summed E-state index contributed by atoms with van der Waals surface area (Å²) >= 11 is 16.8. The minimum absolute atomic E-state index is 0.0447. The Morgan fingerprint density at radius 3 is 2.29 bits per heavy atom. The number of hydrogen-bond acceptors (Lipinski definition) is 3. The van der Waals surface area contributed by atoms with Crippen molar-refractivity contribution in [2.24, 2.45) is 11.8 Å². The molecule has 0 fully saturated rings. The van der Waals surface area contributed by atoms with Crippen LogP contribution in [0.4, 0.5) is 5.69 Å². The van der Waals surface area contributed by atoms with E-state index in [4.69, 9.17) is 39.5 Å². The van der Waals surface area contributed by atoms with E-state index in [1.165, 1.54) is 0 Å². The van der Waals surface area contributed by atoms with Crippen molar-refractivity contribution < 1.29 is 14.3 Å². The molecular weight excluding hydrogens is 373 g/mol. The fraction of sp³-hybridized carbons (Fsp3) is 0.294. The Hall–Kier alpha value is -1.49. The van der Waals surface area contributed by atoms with E-state index < -0.39 is 17.8 Å². The molecule has 1 amide bonds. The number of nitrogens with one attached hydrogen (secondary N) is 1. The largest absolute Gasteiger partial charge is 0.460 e. The normalized spacial score (nSPS) is 19.5. The molecule has 2 atom stereocenters. The Kier molecular flexibility index (Phi) is 7.16. The predicted octanol–water partition coefficient (Wildman–Crippen LogP) is 4.64. The topological polar surface area (TPSA) is 55.4 Å². The molecule has 4 nitrogen and oxygen atoms in total. The molecule has 1 aromatic rings. The van der Waals surface area contributed by atoms with E-state index in [0.717, 1.165) is 0 Å². The van der Waals surface area contributed by atoms with Crippen molar-refractivity contribution >= 4 is 52.4 Å². The minimum Gasteiger partial charge on any atom is -0.460 e. The van der Waals surface area contributed by atoms with E-state index >= 15 is 0 Å². The molecule has 1 N–H and O–H groups in total. The Bertz CT molecular complexity index is 654. The van der Waals surface area contributed by atoms with Crippen molar-refractivity contribution in [3.8, 4) is 0 Å². The number of hydrogen-bond donors (Lipinski definition) is 1. The number of halogens is 3. The lowest BCUT2D eigenvalue weighted by atomic mass is 9.82. The molecule has 1 aliphatic rings. The summed E-state index contributed by atoms with van der Waals surface area (Å²) in [5.74, 6) is -1.79. The van der Waals surface area contributed by atoms with Gasteiger partial charge in [-0.05, 0) is 25.0 Å². The van der Waals surface area contributed by atoms with E-state index in [9.17, 15) is 9.59 Å². The quantitative estimate of drug-likeness (QED) is 0.591. The lowest BCUT2D eigenvalue weighted by Crippen LogP contribution is -2.36. The molecule has 0 radical (unpaired) electrons. The molecule has 0 heterocycles. The zero-order valence-corrected chi connectivity index (χ0v) is 14.9. The maximum atomic E-state index is 12.5. The third-order valence-electron chi connectivity index (χ3n) is 3.66. The van der Waals surface area contributed by atoms with E-state index in [2.05, 4.69) is 5.32 Å². The van der Waals surface area contributed by atoms with Gasteiger partial charge in [0.2, 0.25) is 5.91 Å². The highest BCUT2D eigenvalue weighted by molar-refractivity contribution is 6.59. The first-order chi connectivity index (χ1) is 11.5. The molecule has 1 aromatic carbocycles. The van der Waals surface area contributed by atoms with E-state index in [-0.39, 0.29) is 22.0 Å². The van der Waals surface area contributed by atoms with Gasteiger partial charge >= 0.3 is 5.97 Å². The molecule has 0 spiro atoms. The average Bonchev–Trinajstić information content (AvgIpc) is 2.60. The third kappa shape index (κ3) is 5.26. The number of amides is 1. The zero-order valence-electron chi connectivity index (χ0n) is 12.7. The van der Waals surface area contributed by atoms with Crippen LogP contribution in [-0.2, 0) is 14.3 Å². The number of carbonyl (C=O) groups is 2. The molecule has 0 saturated carbocycles. The van der Waals surface area contributed by atoms with Gasteiger partial charge in [-0.2, -0.15) is 0 Å². The van der Waals surface area contributed by atoms with Gasteiger partial charge in [-0.1, -0.05) is 65.2 Å². The molecule has 0 saturated heterocycles. The third-order valence-corrected chi connectivity index (χ3v) is 4.61. The van der Waals surface area contributed by atoms with Gasteiger partial charge in [0, 0.05) is 5.69 Å². The number of carbonyl (C=O) groups excluding carboxylic acids is 2. The Balaban J connectivity index is 2.02. The summed E-state index contributed by atoms with van der Waals surface area (Å²) in [4.78, 5) is 24.8. The van der Waals surface area contributed by atoms with E-state index in [0.29, 0.717) is 18.5 Å². The first-order valence-electron chi connectivity index (χ1n) is 7.36. The van der Waals surface area contributed by atoms with Crippen molar-refractivity contribution in [1.29, 1.82) is 0 Å². The molecule has 0 aliphatic heterocycles. The van der Waals surface area contributed by atoms with Crippen LogP contribution in [0.2, 0.25) is 0 Å². The van der Waals surface area contributed by atoms with Crippen molar-refractivity contribution in [1.82, 2.24) is 0 Å². The Morgan fingerprint density at radius 1 is 1.04 bits per heavy atom. The number of allylic oxidation sites excluding steroid dienone is 2. The Labute approximate surface area is 155 Å². The lowest BCUT2D eigenvalue weighted by molar-refractivity contribution is -0.151. The highest BCUT2D eigenvalue weighted by Crippen LogP contribution is 2.29. The van der Waals surface area contributed by atoms with Gasteiger partial charge in [-0.25, -0.2) is 0 Å². The molecule has 2 rings (SSSR count). The highest BCUT2D eigenvalue weighted by atomic mass is 35.5. The van der Waals surface area contributed by atoms with Crippen molar-refractivity contribution in [3.05, 3.63) is 52.0 Å². The molecular formula is C17H16Cl3NO3. The zero-order chi connectivity index (χ0) is 17.5. The molecule has 0 aromatic heterocycles. The fourth-order valence-electron chi connectivity index (χ4n) is 2.42. The minimum atomic E-state index is -0.572. The van der Waals surface area contributed by atoms with Crippen LogP contribution in [0.25, 0.3) is 0 Å². The molecule has 0 unspecified atom stereocenters. The first kappa shape index (κ1) is 18.8. The number of benzene rings is 1. The summed E-state index contributed by atoms with van der Waals surface area (Å²) in [7, 11) is 0. The molecule has 128 valence electrons. The monoisotopic (exact) mass is 387 g/mol. The van der Waals surface area contributed by atoms with Gasteiger partial charge in [0.25, 0.3) is 0 Å². The van der Waals surface area contributed by atoms with Gasteiger partial charge in [0.05, 0.1) is 16.9 Å². The van der Waals surface area contributed by atoms with Gasteiger partial charge in [-0.3, -0.25) is 9.59 Å². The van der Waals surface area contributed by atoms with Crippen LogP contribution in [0.5, 0.6) is 0 Å². The summed E-state index contributed by atoms with van der Waals surface area (Å²) in [6, 6.07) is 9.09. The number of para-hydroxylation sites is 1. The van der Waals surface area contributed by atoms with Crippen molar-refractivity contribution in [2.45, 2.75) is 12.8 Å². The maximum absolute atomic E-state index is 12.5. The van der Waals surface area contributed by atoms with Gasteiger partial charge in [0.1, 0.15) is 11.1 Å². The van der Waals surface area contributed by atoms with Crippen LogP contribution in [0, 0.1) is 11.8 Å². The van der Waals surface area contributed by atoms with Gasteiger partial charge < -0.3 is 10.1 Å². The maximum Gasteiger partial charge on any atom is 0.310 e. The molecule has 1 aliphatic carbocycles. The summed E-state index contributed by atoms with van der Waals surface area (Å²) in [6.07, 6.45) is 4.66. The van der Waals surface area contributed by atoms with Crippen molar-refractivity contribution in [3.63, 3.8) is 0 Å². The second kappa shape index (κ2) is 9.11. The summed E-state index contributed by atoms with van der Waals surface area (Å²) < 4.78 is 4.98. The Morgan fingerprint density at radius 2 is 1.67 bits per heavy atom. The fourth-order valence-corrected chi connectivity index (χ4v) is 2.58. The van der Waals surface area contributed by atoms with Crippen LogP contribution >= 0.6 is 34.8 Å². The summed E-state index contributed by atoms with van der Waals surface area (Å²) in [6.45, 7) is -0.212. The number of esters is 1. The standard InChI is InChI=1S/C17H16Cl3NO3/c18-14(15(19)20)10-24-17(23)13-9-5-4-8-12(13)16(22)21-11-6-2-1-3-7-11/h1-7,12-13H,8-10H2,(H,21,22)/t12-,13+/m0/s1. The summed E-state index contributed by atoms with van der Waals surface area (Å²) in [5, 5.41) is 2.87. The van der Waals surface area contributed by atoms with Gasteiger partial charge in [-0.15, -0.1) is 0 Å². The van der Waals surface area contributed by atoms with E-state index in [1.54, 1.807) is 12.1 Å². The smallest absolute Gasteiger partial charge is 0.310 e. The van der Waals surface area contributed by atoms with Crippen LogP contribution < -0.4 is 5.32 Å². The molecule has 0 bridgehead atoms. The molecule has 7 heteroatoms.